The third kappa shape index (κ3) is 1.95. The van der Waals surface area contributed by atoms with Crippen LogP contribution in [0.5, 0.6) is 0 Å². The van der Waals surface area contributed by atoms with Crippen LogP contribution in [0.15, 0.2) is 18.3 Å². The van der Waals surface area contributed by atoms with Crippen LogP contribution in [0.1, 0.15) is 18.4 Å². The van der Waals surface area contributed by atoms with E-state index in [0.29, 0.717) is 11.6 Å². The minimum Gasteiger partial charge on any atom is -0.352 e. The summed E-state index contributed by atoms with van der Waals surface area (Å²) >= 11 is 0. The third-order valence-corrected chi connectivity index (χ3v) is 4.23. The van der Waals surface area contributed by atoms with Crippen LogP contribution in [0.25, 0.3) is 0 Å². The number of piperidine rings is 1. The lowest BCUT2D eigenvalue weighted by Crippen LogP contribution is -2.46. The molecule has 4 heteroatoms. The average Bonchev–Trinajstić information content (AvgIpc) is 2.81. The lowest BCUT2D eigenvalue weighted by molar-refractivity contribution is 0.208. The summed E-state index contributed by atoms with van der Waals surface area (Å²) in [6.07, 6.45) is 4.29. The summed E-state index contributed by atoms with van der Waals surface area (Å²) in [7, 11) is 2.19. The van der Waals surface area contributed by atoms with Gasteiger partial charge in [-0.1, -0.05) is 0 Å². The molecule has 2 saturated heterocycles. The number of anilines is 1. The molecule has 0 amide bonds. The molecule has 0 radical (unpaired) electrons. The second-order valence-corrected chi connectivity index (χ2v) is 5.37. The Hall–Kier alpha value is -1.60. The van der Waals surface area contributed by atoms with Gasteiger partial charge in [0.1, 0.15) is 5.82 Å². The Bertz CT molecular complexity index is 479. The van der Waals surface area contributed by atoms with Gasteiger partial charge in [-0.3, -0.25) is 0 Å². The van der Waals surface area contributed by atoms with Crippen LogP contribution in [-0.4, -0.2) is 42.6 Å². The molecule has 0 bridgehead atoms. The first-order chi connectivity index (χ1) is 8.78. The summed E-state index contributed by atoms with van der Waals surface area (Å²) in [6.45, 7) is 3.40. The fourth-order valence-electron chi connectivity index (χ4n) is 3.23. The summed E-state index contributed by atoms with van der Waals surface area (Å²) < 4.78 is 0. The monoisotopic (exact) mass is 242 g/mol. The van der Waals surface area contributed by atoms with Crippen molar-refractivity contribution in [1.82, 2.24) is 9.88 Å². The molecule has 18 heavy (non-hydrogen) atoms. The van der Waals surface area contributed by atoms with Crippen molar-refractivity contribution in [2.45, 2.75) is 18.9 Å². The third-order valence-electron chi connectivity index (χ3n) is 4.23. The first-order valence-electron chi connectivity index (χ1n) is 6.59. The van der Waals surface area contributed by atoms with Crippen LogP contribution in [0, 0.1) is 17.2 Å². The molecule has 3 heterocycles. The minimum absolute atomic E-state index is 0.574. The van der Waals surface area contributed by atoms with E-state index in [1.807, 2.05) is 6.07 Å². The van der Waals surface area contributed by atoms with Crippen molar-refractivity contribution in [2.24, 2.45) is 5.92 Å². The Morgan fingerprint density at radius 2 is 2.22 bits per heavy atom. The van der Waals surface area contributed by atoms with Crippen molar-refractivity contribution >= 4 is 5.82 Å². The van der Waals surface area contributed by atoms with Crippen LogP contribution in [0.2, 0.25) is 0 Å². The van der Waals surface area contributed by atoms with Gasteiger partial charge in [-0.25, -0.2) is 4.98 Å². The normalized spacial score (nSPS) is 27.9. The number of likely N-dealkylation sites (tertiary alicyclic amines) is 1. The number of aromatic nitrogens is 1. The Morgan fingerprint density at radius 1 is 1.39 bits per heavy atom. The van der Waals surface area contributed by atoms with Gasteiger partial charge in [0.15, 0.2) is 0 Å². The quantitative estimate of drug-likeness (QED) is 0.748. The molecule has 0 aliphatic carbocycles. The number of rotatable bonds is 1. The smallest absolute Gasteiger partial charge is 0.130 e. The number of hydrogen-bond acceptors (Lipinski definition) is 4. The van der Waals surface area contributed by atoms with E-state index >= 15 is 0 Å². The predicted octanol–water partition coefficient (Wildman–Crippen LogP) is 1.48. The Kier molecular flexibility index (Phi) is 2.92. The van der Waals surface area contributed by atoms with Crippen molar-refractivity contribution in [3.05, 3.63) is 23.9 Å². The number of hydrogen-bond donors (Lipinski definition) is 0. The molecular weight excluding hydrogens is 224 g/mol. The summed E-state index contributed by atoms with van der Waals surface area (Å²) in [6, 6.07) is 6.45. The summed E-state index contributed by atoms with van der Waals surface area (Å²) in [5.74, 6) is 1.77. The zero-order chi connectivity index (χ0) is 12.5. The Balaban J connectivity index is 1.85. The Morgan fingerprint density at radius 3 is 3.06 bits per heavy atom. The number of pyridine rings is 1. The molecule has 3 rings (SSSR count). The molecular formula is C14H18N4. The number of nitriles is 1. The van der Waals surface area contributed by atoms with Gasteiger partial charge in [0.2, 0.25) is 0 Å². The lowest BCUT2D eigenvalue weighted by Gasteiger charge is -2.37. The van der Waals surface area contributed by atoms with E-state index in [1.165, 1.54) is 19.4 Å². The van der Waals surface area contributed by atoms with E-state index in [-0.39, 0.29) is 0 Å². The highest BCUT2D eigenvalue weighted by Crippen LogP contribution is 2.33. The average molecular weight is 242 g/mol. The van der Waals surface area contributed by atoms with Gasteiger partial charge in [0, 0.05) is 25.3 Å². The molecule has 0 N–H and O–H groups in total. The van der Waals surface area contributed by atoms with Crippen LogP contribution < -0.4 is 4.90 Å². The van der Waals surface area contributed by atoms with E-state index < -0.39 is 0 Å². The van der Waals surface area contributed by atoms with Crippen molar-refractivity contribution in [2.75, 3.05) is 31.6 Å². The van der Waals surface area contributed by atoms with Gasteiger partial charge in [0.25, 0.3) is 0 Å². The van der Waals surface area contributed by atoms with Crippen LogP contribution in [0.3, 0.4) is 0 Å². The number of nitrogens with zero attached hydrogens (tertiary/aromatic N) is 4. The highest BCUT2D eigenvalue weighted by molar-refractivity contribution is 5.47. The zero-order valence-corrected chi connectivity index (χ0v) is 10.7. The fourth-order valence-corrected chi connectivity index (χ4v) is 3.23. The first kappa shape index (κ1) is 11.5. The van der Waals surface area contributed by atoms with E-state index in [9.17, 15) is 0 Å². The standard InChI is InChI=1S/C14H18N4/c1-17-6-3-12-4-7-18(13(12)10-17)14-8-11(9-15)2-5-16-14/h2,5,8,12-13H,3-4,6-7,10H2,1H3/t12-,13+/m1/s1. The lowest BCUT2D eigenvalue weighted by atomic mass is 9.92. The van der Waals surface area contributed by atoms with Crippen LogP contribution >= 0.6 is 0 Å². The SMILES string of the molecule is CN1CC[C@@H]2CCN(c3cc(C#N)ccn3)[C@H]2C1. The molecule has 0 saturated carbocycles. The molecule has 0 unspecified atom stereocenters. The molecule has 2 fully saturated rings. The molecule has 4 nitrogen and oxygen atoms in total. The van der Waals surface area contributed by atoms with E-state index in [4.69, 9.17) is 5.26 Å². The van der Waals surface area contributed by atoms with E-state index in [2.05, 4.69) is 27.9 Å². The van der Waals surface area contributed by atoms with Gasteiger partial charge < -0.3 is 9.80 Å². The molecule has 0 spiro atoms. The maximum Gasteiger partial charge on any atom is 0.130 e. The van der Waals surface area contributed by atoms with Crippen LogP contribution in [0.4, 0.5) is 5.82 Å². The predicted molar refractivity (Wildman–Crippen MR) is 70.3 cm³/mol. The van der Waals surface area contributed by atoms with E-state index in [1.54, 1.807) is 12.3 Å². The minimum atomic E-state index is 0.574. The molecule has 94 valence electrons. The second-order valence-electron chi connectivity index (χ2n) is 5.37. The van der Waals surface area contributed by atoms with Gasteiger partial charge >= 0.3 is 0 Å². The van der Waals surface area contributed by atoms with Crippen molar-refractivity contribution in [1.29, 1.82) is 5.26 Å². The first-order valence-corrected chi connectivity index (χ1v) is 6.59. The summed E-state index contributed by atoms with van der Waals surface area (Å²) in [4.78, 5) is 9.23. The molecule has 2 aliphatic rings. The molecule has 1 aromatic heterocycles. The molecule has 1 aromatic rings. The highest BCUT2D eigenvalue weighted by atomic mass is 15.3. The van der Waals surface area contributed by atoms with Gasteiger partial charge in [-0.15, -0.1) is 0 Å². The maximum absolute atomic E-state index is 8.97. The van der Waals surface area contributed by atoms with Crippen LogP contribution in [-0.2, 0) is 0 Å². The van der Waals surface area contributed by atoms with Gasteiger partial charge in [0.05, 0.1) is 11.6 Å². The zero-order valence-electron chi connectivity index (χ0n) is 10.7. The van der Waals surface area contributed by atoms with Crippen molar-refractivity contribution < 1.29 is 0 Å². The summed E-state index contributed by atoms with van der Waals surface area (Å²) in [5, 5.41) is 8.97. The Labute approximate surface area is 108 Å². The molecule has 0 aromatic carbocycles. The number of fused-ring (bicyclic) bond motifs is 1. The fraction of sp³-hybridized carbons (Fsp3) is 0.571. The van der Waals surface area contributed by atoms with E-state index in [0.717, 1.165) is 24.8 Å². The molecule has 2 aliphatic heterocycles. The molecule has 2 atom stereocenters. The topological polar surface area (TPSA) is 43.2 Å². The summed E-state index contributed by atoms with van der Waals surface area (Å²) in [5.41, 5.74) is 0.701. The van der Waals surface area contributed by atoms with Gasteiger partial charge in [-0.2, -0.15) is 5.26 Å². The highest BCUT2D eigenvalue weighted by Gasteiger charge is 2.37. The number of likely N-dealkylation sites (N-methyl/N-ethyl adjacent to an activating group) is 1. The second kappa shape index (κ2) is 4.58. The maximum atomic E-state index is 8.97. The van der Waals surface area contributed by atoms with Crippen molar-refractivity contribution in [3.63, 3.8) is 0 Å². The largest absolute Gasteiger partial charge is 0.352 e. The van der Waals surface area contributed by atoms with Gasteiger partial charge in [-0.05, 0) is 44.5 Å². The van der Waals surface area contributed by atoms with Crippen molar-refractivity contribution in [3.8, 4) is 6.07 Å².